The van der Waals surface area contributed by atoms with Gasteiger partial charge in [0.25, 0.3) is 0 Å². The maximum atomic E-state index is 12.5. The van der Waals surface area contributed by atoms with Gasteiger partial charge in [0.2, 0.25) is 11.8 Å². The first kappa shape index (κ1) is 22.3. The van der Waals surface area contributed by atoms with Gasteiger partial charge in [-0.05, 0) is 62.1 Å². The zero-order chi connectivity index (χ0) is 22.5. The van der Waals surface area contributed by atoms with Crippen molar-refractivity contribution in [2.45, 2.75) is 40.5 Å². The smallest absolute Gasteiger partial charge is 0.243 e. The molecule has 3 rings (SSSR count). The third kappa shape index (κ3) is 5.81. The molecule has 6 heteroatoms. The van der Waals surface area contributed by atoms with Gasteiger partial charge in [0, 0.05) is 31.1 Å². The van der Waals surface area contributed by atoms with Gasteiger partial charge in [-0.1, -0.05) is 24.3 Å². The Morgan fingerprint density at radius 3 is 2.48 bits per heavy atom. The summed E-state index contributed by atoms with van der Waals surface area (Å²) >= 11 is 0. The molecule has 0 radical (unpaired) electrons. The van der Waals surface area contributed by atoms with E-state index in [4.69, 9.17) is 4.42 Å². The maximum absolute atomic E-state index is 12.5. The van der Waals surface area contributed by atoms with E-state index in [2.05, 4.69) is 36.3 Å². The van der Waals surface area contributed by atoms with E-state index in [9.17, 15) is 9.59 Å². The minimum absolute atomic E-state index is 0.00824. The molecule has 0 bridgehead atoms. The van der Waals surface area contributed by atoms with E-state index in [0.29, 0.717) is 18.1 Å². The van der Waals surface area contributed by atoms with Crippen molar-refractivity contribution in [3.8, 4) is 11.3 Å². The largest absolute Gasteiger partial charge is 0.441 e. The van der Waals surface area contributed by atoms with Crippen LogP contribution in [0.5, 0.6) is 0 Å². The van der Waals surface area contributed by atoms with Crippen LogP contribution in [0.1, 0.15) is 34.6 Å². The molecule has 162 valence electrons. The molecule has 0 aliphatic heterocycles. The number of likely N-dealkylation sites (N-methyl/N-ethyl adjacent to an activating group) is 1. The van der Waals surface area contributed by atoms with Gasteiger partial charge in [0.1, 0.15) is 0 Å². The third-order valence-electron chi connectivity index (χ3n) is 5.37. The number of nitrogens with one attached hydrogen (secondary N) is 1. The van der Waals surface area contributed by atoms with Crippen LogP contribution >= 0.6 is 0 Å². The van der Waals surface area contributed by atoms with Crippen molar-refractivity contribution in [1.82, 2.24) is 9.88 Å². The van der Waals surface area contributed by atoms with Gasteiger partial charge >= 0.3 is 0 Å². The lowest BCUT2D eigenvalue weighted by Crippen LogP contribution is -2.35. The number of benzene rings is 2. The fourth-order valence-electron chi connectivity index (χ4n) is 3.22. The Morgan fingerprint density at radius 1 is 1.00 bits per heavy atom. The van der Waals surface area contributed by atoms with Gasteiger partial charge in [-0.25, -0.2) is 4.98 Å². The summed E-state index contributed by atoms with van der Waals surface area (Å²) in [4.78, 5) is 30.5. The average molecular weight is 420 g/mol. The molecular formula is C25H29N3O3. The minimum atomic E-state index is -0.224. The normalized spacial score (nSPS) is 10.7. The quantitative estimate of drug-likeness (QED) is 0.607. The van der Waals surface area contributed by atoms with Gasteiger partial charge in [0.15, 0.2) is 11.7 Å². The minimum Gasteiger partial charge on any atom is -0.441 e. The summed E-state index contributed by atoms with van der Waals surface area (Å²) in [7, 11) is 1.63. The maximum Gasteiger partial charge on any atom is 0.243 e. The first-order chi connectivity index (χ1) is 14.7. The van der Waals surface area contributed by atoms with Crippen LogP contribution in [0.15, 0.2) is 47.0 Å². The summed E-state index contributed by atoms with van der Waals surface area (Å²) in [5.74, 6) is 0.835. The summed E-state index contributed by atoms with van der Waals surface area (Å²) in [5.41, 5.74) is 6.19. The Morgan fingerprint density at radius 2 is 1.74 bits per heavy atom. The number of nitrogens with zero attached hydrogens (tertiary/aromatic N) is 2. The fourth-order valence-corrected chi connectivity index (χ4v) is 3.22. The number of hydrogen-bond acceptors (Lipinski definition) is 4. The highest BCUT2D eigenvalue weighted by atomic mass is 16.4. The lowest BCUT2D eigenvalue weighted by atomic mass is 10.1. The number of carbonyl (C=O) groups is 2. The molecule has 0 aliphatic rings. The van der Waals surface area contributed by atoms with E-state index in [0.717, 1.165) is 22.4 Å². The monoisotopic (exact) mass is 419 g/mol. The van der Waals surface area contributed by atoms with E-state index < -0.39 is 0 Å². The predicted molar refractivity (Wildman–Crippen MR) is 122 cm³/mol. The summed E-state index contributed by atoms with van der Waals surface area (Å²) in [6.07, 6.45) is 2.29. The molecule has 0 saturated heterocycles. The van der Waals surface area contributed by atoms with E-state index in [1.54, 1.807) is 13.2 Å². The van der Waals surface area contributed by atoms with Crippen LogP contribution in [0.2, 0.25) is 0 Å². The second-order valence-electron chi connectivity index (χ2n) is 8.03. The summed E-state index contributed by atoms with van der Waals surface area (Å²) in [5, 5.41) is 2.88. The molecule has 0 saturated carbocycles. The van der Waals surface area contributed by atoms with Crippen LogP contribution in [0.4, 0.5) is 5.69 Å². The lowest BCUT2D eigenvalue weighted by molar-refractivity contribution is -0.133. The van der Waals surface area contributed by atoms with Crippen LogP contribution in [0.3, 0.4) is 0 Å². The molecule has 0 atom stereocenters. The number of hydrogen-bond donors (Lipinski definition) is 1. The molecule has 1 aromatic heterocycles. The van der Waals surface area contributed by atoms with Crippen molar-refractivity contribution in [1.29, 1.82) is 0 Å². The Balaban J connectivity index is 1.52. The van der Waals surface area contributed by atoms with Crippen molar-refractivity contribution in [2.75, 3.05) is 18.9 Å². The number of aromatic nitrogens is 1. The van der Waals surface area contributed by atoms with Gasteiger partial charge < -0.3 is 14.6 Å². The number of oxazole rings is 1. The van der Waals surface area contributed by atoms with E-state index >= 15 is 0 Å². The van der Waals surface area contributed by atoms with Gasteiger partial charge in [-0.3, -0.25) is 9.59 Å². The molecule has 0 aliphatic carbocycles. The first-order valence-corrected chi connectivity index (χ1v) is 10.4. The molecule has 2 aromatic carbocycles. The number of carbonyl (C=O) groups excluding carboxylic acids is 2. The number of amides is 2. The van der Waals surface area contributed by atoms with Crippen molar-refractivity contribution in [3.63, 3.8) is 0 Å². The number of rotatable bonds is 7. The van der Waals surface area contributed by atoms with Crippen LogP contribution in [0, 0.1) is 27.7 Å². The molecule has 1 heterocycles. The van der Waals surface area contributed by atoms with Crippen molar-refractivity contribution < 1.29 is 14.0 Å². The summed E-state index contributed by atoms with van der Waals surface area (Å²) in [6.45, 7) is 8.02. The Labute approximate surface area is 183 Å². The lowest BCUT2D eigenvalue weighted by Gasteiger charge is -2.17. The predicted octanol–water partition coefficient (Wildman–Crippen LogP) is 4.60. The Kier molecular flexibility index (Phi) is 6.90. The molecular weight excluding hydrogens is 390 g/mol. The van der Waals surface area contributed by atoms with Crippen molar-refractivity contribution in [2.24, 2.45) is 0 Å². The second kappa shape index (κ2) is 9.60. The van der Waals surface area contributed by atoms with Crippen molar-refractivity contribution >= 4 is 17.5 Å². The van der Waals surface area contributed by atoms with Crippen LogP contribution in [-0.4, -0.2) is 35.3 Å². The molecule has 0 spiro atoms. The molecule has 31 heavy (non-hydrogen) atoms. The third-order valence-corrected chi connectivity index (χ3v) is 5.37. The SMILES string of the molecule is Cc1ccc(C)c(NC(=O)CN(C)C(=O)CCc2ncc(-c3ccc(C)c(C)c3)o2)c1. The van der Waals surface area contributed by atoms with E-state index in [1.807, 2.05) is 38.1 Å². The highest BCUT2D eigenvalue weighted by Crippen LogP contribution is 2.23. The van der Waals surface area contributed by atoms with Crippen molar-refractivity contribution in [3.05, 3.63) is 70.7 Å². The van der Waals surface area contributed by atoms with Crippen LogP contribution in [-0.2, 0) is 16.0 Å². The highest BCUT2D eigenvalue weighted by molar-refractivity contribution is 5.95. The molecule has 0 fully saturated rings. The van der Waals surface area contributed by atoms with E-state index in [1.165, 1.54) is 16.0 Å². The van der Waals surface area contributed by atoms with Gasteiger partial charge in [0.05, 0.1) is 12.7 Å². The Bertz CT molecular complexity index is 1100. The zero-order valence-corrected chi connectivity index (χ0v) is 18.8. The molecule has 1 N–H and O–H groups in total. The molecule has 3 aromatic rings. The average Bonchev–Trinajstić information content (AvgIpc) is 3.20. The van der Waals surface area contributed by atoms with Gasteiger partial charge in [-0.15, -0.1) is 0 Å². The van der Waals surface area contributed by atoms with Gasteiger partial charge in [-0.2, -0.15) is 0 Å². The zero-order valence-electron chi connectivity index (χ0n) is 18.8. The molecule has 0 unspecified atom stereocenters. The summed E-state index contributed by atoms with van der Waals surface area (Å²) < 4.78 is 5.82. The fraction of sp³-hybridized carbons (Fsp3) is 0.320. The van der Waals surface area contributed by atoms with E-state index in [-0.39, 0.29) is 24.8 Å². The number of aryl methyl sites for hydroxylation is 5. The second-order valence-corrected chi connectivity index (χ2v) is 8.03. The number of anilines is 1. The standard InChI is InChI=1S/C25H29N3O3/c1-16-6-7-18(3)21(12-16)27-23(29)15-28(5)25(30)11-10-24-26-14-22(31-24)20-9-8-17(2)19(4)13-20/h6-9,12-14H,10-11,15H2,1-5H3,(H,27,29). The van der Waals surface area contributed by atoms with Crippen LogP contribution < -0.4 is 5.32 Å². The van der Waals surface area contributed by atoms with Crippen LogP contribution in [0.25, 0.3) is 11.3 Å². The summed E-state index contributed by atoms with van der Waals surface area (Å²) in [6, 6.07) is 12.0. The molecule has 6 nitrogen and oxygen atoms in total. The first-order valence-electron chi connectivity index (χ1n) is 10.4. The highest BCUT2D eigenvalue weighted by Gasteiger charge is 2.15. The topological polar surface area (TPSA) is 75.4 Å². The Hall–Kier alpha value is -3.41. The molecule has 2 amide bonds.